The van der Waals surface area contributed by atoms with Crippen LogP contribution in [0.2, 0.25) is 0 Å². The van der Waals surface area contributed by atoms with Crippen LogP contribution in [0.4, 0.5) is 5.69 Å². The maximum absolute atomic E-state index is 12.6. The van der Waals surface area contributed by atoms with Gasteiger partial charge in [-0.2, -0.15) is 4.98 Å². The number of nitrogens with one attached hydrogen (secondary N) is 1. The Kier molecular flexibility index (Phi) is 6.01. The number of hydrogen-bond donors (Lipinski definition) is 1. The molecule has 0 aliphatic rings. The number of imidazole rings is 1. The predicted octanol–water partition coefficient (Wildman–Crippen LogP) is 4.19. The number of anilines is 1. The molecule has 10 heteroatoms. The smallest absolute Gasteiger partial charge is 0.261 e. The molecular formula is C23H23N5O4S. The lowest BCUT2D eigenvalue weighted by molar-refractivity contribution is 0.414. The molecule has 170 valence electrons. The molecule has 0 aliphatic heterocycles. The van der Waals surface area contributed by atoms with Crippen molar-refractivity contribution in [2.75, 3.05) is 11.8 Å². The van der Waals surface area contributed by atoms with Crippen molar-refractivity contribution in [3.8, 4) is 23.2 Å². The van der Waals surface area contributed by atoms with Crippen LogP contribution in [0, 0.1) is 20.8 Å². The molecule has 2 aromatic heterocycles. The molecule has 0 saturated carbocycles. The summed E-state index contributed by atoms with van der Waals surface area (Å²) in [6, 6.07) is 14.4. The molecule has 9 nitrogen and oxygen atoms in total. The summed E-state index contributed by atoms with van der Waals surface area (Å²) in [6.07, 6.45) is 1.71. The van der Waals surface area contributed by atoms with E-state index in [1.54, 1.807) is 55.7 Å². The molecule has 4 rings (SSSR count). The van der Waals surface area contributed by atoms with Gasteiger partial charge >= 0.3 is 0 Å². The zero-order valence-electron chi connectivity index (χ0n) is 18.6. The summed E-state index contributed by atoms with van der Waals surface area (Å²) in [5.41, 5.74) is 2.30. The first-order valence-electron chi connectivity index (χ1n) is 10.1. The number of ether oxygens (including phenoxy) is 2. The number of aryl methyl sites for hydroxylation is 2. The van der Waals surface area contributed by atoms with Crippen LogP contribution in [-0.2, 0) is 10.0 Å². The molecule has 0 fully saturated rings. The van der Waals surface area contributed by atoms with E-state index in [2.05, 4.69) is 19.7 Å². The number of sulfonamides is 1. The van der Waals surface area contributed by atoms with Crippen LogP contribution in [-0.4, -0.2) is 35.0 Å². The number of nitrogens with zero attached hydrogens (tertiary/aromatic N) is 4. The summed E-state index contributed by atoms with van der Waals surface area (Å²) in [5, 5.41) is 0. The third-order valence-electron chi connectivity index (χ3n) is 5.00. The Morgan fingerprint density at radius 2 is 1.58 bits per heavy atom. The normalized spacial score (nSPS) is 11.3. The summed E-state index contributed by atoms with van der Waals surface area (Å²) in [5.74, 6) is 2.66. The number of aromatic nitrogens is 4. The van der Waals surface area contributed by atoms with Crippen molar-refractivity contribution in [1.29, 1.82) is 0 Å². The number of benzene rings is 2. The summed E-state index contributed by atoms with van der Waals surface area (Å²) >= 11 is 0. The summed E-state index contributed by atoms with van der Waals surface area (Å²) < 4.78 is 40.6. The molecule has 2 aromatic carbocycles. The fourth-order valence-corrected chi connectivity index (χ4v) is 4.17. The Balaban J connectivity index is 1.50. The van der Waals surface area contributed by atoms with Gasteiger partial charge in [-0.25, -0.2) is 18.4 Å². The second-order valence-electron chi connectivity index (χ2n) is 7.30. The topological polar surface area (TPSA) is 108 Å². The van der Waals surface area contributed by atoms with Gasteiger partial charge in [0, 0.05) is 17.4 Å². The zero-order valence-corrected chi connectivity index (χ0v) is 19.4. The van der Waals surface area contributed by atoms with E-state index in [9.17, 15) is 8.42 Å². The van der Waals surface area contributed by atoms with E-state index >= 15 is 0 Å². The Morgan fingerprint density at radius 3 is 2.18 bits per heavy atom. The molecule has 0 atom stereocenters. The van der Waals surface area contributed by atoms with Crippen LogP contribution in [0.3, 0.4) is 0 Å². The minimum absolute atomic E-state index is 0.137. The van der Waals surface area contributed by atoms with Crippen LogP contribution in [0.15, 0.2) is 65.8 Å². The average Bonchev–Trinajstić information content (AvgIpc) is 3.13. The average molecular weight is 466 g/mol. The van der Waals surface area contributed by atoms with Crippen molar-refractivity contribution < 1.29 is 17.9 Å². The molecule has 0 aliphatic carbocycles. The van der Waals surface area contributed by atoms with E-state index in [-0.39, 0.29) is 4.90 Å². The van der Waals surface area contributed by atoms with Crippen molar-refractivity contribution in [3.63, 3.8) is 0 Å². The van der Waals surface area contributed by atoms with Gasteiger partial charge < -0.3 is 9.47 Å². The van der Waals surface area contributed by atoms with Crippen molar-refractivity contribution in [3.05, 3.63) is 78.1 Å². The third-order valence-corrected chi connectivity index (χ3v) is 6.40. The number of rotatable bonds is 7. The minimum atomic E-state index is -3.73. The Morgan fingerprint density at radius 1 is 0.909 bits per heavy atom. The summed E-state index contributed by atoms with van der Waals surface area (Å²) in [7, 11) is -2.21. The van der Waals surface area contributed by atoms with E-state index in [0.717, 1.165) is 11.4 Å². The molecule has 0 bridgehead atoms. The zero-order chi connectivity index (χ0) is 23.6. The van der Waals surface area contributed by atoms with E-state index in [1.807, 2.05) is 18.4 Å². The van der Waals surface area contributed by atoms with Gasteiger partial charge in [-0.05, 0) is 69.3 Å². The molecule has 33 heavy (non-hydrogen) atoms. The summed E-state index contributed by atoms with van der Waals surface area (Å²) in [6.45, 7) is 5.68. The van der Waals surface area contributed by atoms with Gasteiger partial charge in [0.05, 0.1) is 17.7 Å². The second-order valence-corrected chi connectivity index (χ2v) is 8.99. The highest BCUT2D eigenvalue weighted by Crippen LogP contribution is 2.25. The predicted molar refractivity (Wildman–Crippen MR) is 124 cm³/mol. The minimum Gasteiger partial charge on any atom is -0.497 e. The highest BCUT2D eigenvalue weighted by atomic mass is 32.2. The lowest BCUT2D eigenvalue weighted by Gasteiger charge is -2.11. The number of hydrogen-bond acceptors (Lipinski definition) is 7. The van der Waals surface area contributed by atoms with Gasteiger partial charge in [-0.3, -0.25) is 9.29 Å². The van der Waals surface area contributed by atoms with Crippen molar-refractivity contribution in [2.24, 2.45) is 0 Å². The van der Waals surface area contributed by atoms with E-state index in [0.29, 0.717) is 34.7 Å². The van der Waals surface area contributed by atoms with E-state index in [1.165, 1.54) is 19.2 Å². The van der Waals surface area contributed by atoms with Crippen LogP contribution < -0.4 is 14.2 Å². The van der Waals surface area contributed by atoms with Crippen LogP contribution in [0.5, 0.6) is 17.4 Å². The summed E-state index contributed by atoms with van der Waals surface area (Å²) in [4.78, 5) is 13.2. The second kappa shape index (κ2) is 8.91. The first-order chi connectivity index (χ1) is 15.7. The molecule has 4 aromatic rings. The largest absolute Gasteiger partial charge is 0.497 e. The van der Waals surface area contributed by atoms with E-state index < -0.39 is 10.0 Å². The highest BCUT2D eigenvalue weighted by molar-refractivity contribution is 7.92. The Bertz CT molecular complexity index is 1380. The molecular weight excluding hydrogens is 442 g/mol. The lowest BCUT2D eigenvalue weighted by Crippen LogP contribution is -2.12. The fourth-order valence-electron chi connectivity index (χ4n) is 3.11. The monoisotopic (exact) mass is 465 g/mol. The van der Waals surface area contributed by atoms with Crippen molar-refractivity contribution in [2.45, 2.75) is 25.7 Å². The fraction of sp³-hybridized carbons (Fsp3) is 0.174. The van der Waals surface area contributed by atoms with Gasteiger partial charge in [0.2, 0.25) is 5.88 Å². The lowest BCUT2D eigenvalue weighted by atomic mass is 10.3. The molecule has 2 heterocycles. The molecule has 0 spiro atoms. The van der Waals surface area contributed by atoms with Crippen LogP contribution in [0.25, 0.3) is 5.82 Å². The van der Waals surface area contributed by atoms with Crippen LogP contribution in [0.1, 0.15) is 17.2 Å². The van der Waals surface area contributed by atoms with Crippen LogP contribution >= 0.6 is 0 Å². The van der Waals surface area contributed by atoms with Gasteiger partial charge in [-0.15, -0.1) is 0 Å². The molecule has 0 radical (unpaired) electrons. The quantitative estimate of drug-likeness (QED) is 0.436. The molecule has 0 unspecified atom stereocenters. The first-order valence-corrected chi connectivity index (χ1v) is 11.5. The standard InChI is InChI=1S/C23H23N5O4S/c1-15-16(2)28(14-24-15)22-13-23(26-17(3)25-22)32-20-7-5-18(6-8-20)27-33(29,30)21-11-9-19(31-4)10-12-21/h5-14,27H,1-4H3. The van der Waals surface area contributed by atoms with Gasteiger partial charge in [0.25, 0.3) is 10.0 Å². The Hall–Kier alpha value is -3.92. The van der Waals surface area contributed by atoms with Gasteiger partial charge in [-0.1, -0.05) is 0 Å². The highest BCUT2D eigenvalue weighted by Gasteiger charge is 2.15. The van der Waals surface area contributed by atoms with Crippen molar-refractivity contribution in [1.82, 2.24) is 19.5 Å². The molecule has 0 saturated heterocycles. The maximum atomic E-state index is 12.6. The van der Waals surface area contributed by atoms with Gasteiger partial charge in [0.15, 0.2) is 0 Å². The number of methoxy groups -OCH3 is 1. The first kappa shape index (κ1) is 22.3. The van der Waals surface area contributed by atoms with E-state index in [4.69, 9.17) is 9.47 Å². The molecule has 1 N–H and O–H groups in total. The Labute approximate surface area is 192 Å². The maximum Gasteiger partial charge on any atom is 0.261 e. The third kappa shape index (κ3) is 4.96. The SMILES string of the molecule is COc1ccc(S(=O)(=O)Nc2ccc(Oc3cc(-n4cnc(C)c4C)nc(C)n3)cc2)cc1. The molecule has 0 amide bonds. The van der Waals surface area contributed by atoms with Crippen molar-refractivity contribution >= 4 is 15.7 Å². The van der Waals surface area contributed by atoms with Gasteiger partial charge in [0.1, 0.15) is 29.5 Å².